The Morgan fingerprint density at radius 2 is 2.40 bits per heavy atom. The number of aliphatic hydroxyl groups is 1. The van der Waals surface area contributed by atoms with Crippen LogP contribution in [0.1, 0.15) is 6.92 Å². The smallest absolute Gasteiger partial charge is 0.0624 e. The number of likely N-dealkylation sites (N-methyl/N-ethyl adjacent to an activating group) is 1. The quantitative estimate of drug-likeness (QED) is 0.568. The molecule has 0 radical (unpaired) electrons. The highest BCUT2D eigenvalue weighted by atomic mass is 16.5. The Balaban J connectivity index is 2.27. The van der Waals surface area contributed by atoms with E-state index in [0.717, 1.165) is 13.2 Å². The normalized spacial score (nSPS) is 33.0. The molecule has 1 aliphatic heterocycles. The summed E-state index contributed by atoms with van der Waals surface area (Å²) in [4.78, 5) is 0. The molecule has 0 bridgehead atoms. The minimum absolute atomic E-state index is 0.234. The first-order chi connectivity index (χ1) is 4.88. The van der Waals surface area contributed by atoms with E-state index in [9.17, 15) is 0 Å². The maximum absolute atomic E-state index is 8.84. The van der Waals surface area contributed by atoms with E-state index < -0.39 is 0 Å². The Kier molecular flexibility index (Phi) is 3.12. The van der Waals surface area contributed by atoms with Crippen molar-refractivity contribution in [2.45, 2.75) is 13.0 Å². The minimum atomic E-state index is 0.234. The monoisotopic (exact) mass is 145 g/mol. The van der Waals surface area contributed by atoms with Crippen LogP contribution in [0.3, 0.4) is 0 Å². The molecule has 1 aliphatic rings. The van der Waals surface area contributed by atoms with Gasteiger partial charge in [0.25, 0.3) is 0 Å². The van der Waals surface area contributed by atoms with Crippen LogP contribution in [0, 0.1) is 5.92 Å². The molecule has 0 aliphatic carbocycles. The average molecular weight is 145 g/mol. The second-order valence-electron chi connectivity index (χ2n) is 2.64. The number of rotatable bonds is 3. The van der Waals surface area contributed by atoms with E-state index in [4.69, 9.17) is 9.84 Å². The van der Waals surface area contributed by atoms with E-state index in [1.807, 2.05) is 0 Å². The summed E-state index contributed by atoms with van der Waals surface area (Å²) < 4.78 is 5.19. The fraction of sp³-hybridized carbons (Fsp3) is 1.00. The summed E-state index contributed by atoms with van der Waals surface area (Å²) in [5.41, 5.74) is 0. The van der Waals surface area contributed by atoms with Gasteiger partial charge in [0, 0.05) is 18.6 Å². The highest BCUT2D eigenvalue weighted by Crippen LogP contribution is 2.11. The third-order valence-corrected chi connectivity index (χ3v) is 1.90. The Morgan fingerprint density at radius 1 is 1.60 bits per heavy atom. The fourth-order valence-corrected chi connectivity index (χ4v) is 1.27. The van der Waals surface area contributed by atoms with Gasteiger partial charge in [0.1, 0.15) is 0 Å². The lowest BCUT2D eigenvalue weighted by molar-refractivity contribution is 0.160. The van der Waals surface area contributed by atoms with E-state index >= 15 is 0 Å². The highest BCUT2D eigenvalue weighted by molar-refractivity contribution is 4.79. The van der Waals surface area contributed by atoms with Gasteiger partial charge >= 0.3 is 0 Å². The van der Waals surface area contributed by atoms with Gasteiger partial charge in [0.15, 0.2) is 0 Å². The van der Waals surface area contributed by atoms with Crippen molar-refractivity contribution in [3.63, 3.8) is 0 Å². The zero-order valence-corrected chi connectivity index (χ0v) is 6.34. The van der Waals surface area contributed by atoms with E-state index in [1.54, 1.807) is 0 Å². The van der Waals surface area contributed by atoms with Gasteiger partial charge in [-0.15, -0.1) is 0 Å². The molecule has 2 N–H and O–H groups in total. The van der Waals surface area contributed by atoms with Crippen molar-refractivity contribution in [2.24, 2.45) is 5.92 Å². The van der Waals surface area contributed by atoms with Crippen LogP contribution in [0.15, 0.2) is 0 Å². The summed E-state index contributed by atoms with van der Waals surface area (Å²) in [5.74, 6) is 0.306. The molecule has 1 saturated heterocycles. The summed E-state index contributed by atoms with van der Waals surface area (Å²) >= 11 is 0. The maximum Gasteiger partial charge on any atom is 0.0624 e. The van der Waals surface area contributed by atoms with Crippen molar-refractivity contribution in [1.82, 2.24) is 5.32 Å². The van der Waals surface area contributed by atoms with Gasteiger partial charge in [-0.2, -0.15) is 0 Å². The predicted molar refractivity (Wildman–Crippen MR) is 38.9 cm³/mol. The van der Waals surface area contributed by atoms with E-state index in [2.05, 4.69) is 12.2 Å². The van der Waals surface area contributed by atoms with Crippen LogP contribution in [0.2, 0.25) is 0 Å². The summed E-state index contributed by atoms with van der Waals surface area (Å²) in [6.45, 7) is 4.70. The van der Waals surface area contributed by atoms with Crippen LogP contribution < -0.4 is 5.32 Å². The maximum atomic E-state index is 8.84. The zero-order valence-electron chi connectivity index (χ0n) is 6.34. The van der Waals surface area contributed by atoms with Crippen molar-refractivity contribution >= 4 is 0 Å². The summed E-state index contributed by atoms with van der Waals surface area (Å²) in [5, 5.41) is 12.1. The second-order valence-corrected chi connectivity index (χ2v) is 2.64. The van der Waals surface area contributed by atoms with Crippen molar-refractivity contribution in [3.8, 4) is 0 Å². The first kappa shape index (κ1) is 7.98. The number of nitrogens with one attached hydrogen (secondary N) is 1. The molecular weight excluding hydrogens is 130 g/mol. The third kappa shape index (κ3) is 1.68. The highest BCUT2D eigenvalue weighted by Gasteiger charge is 2.26. The fourth-order valence-electron chi connectivity index (χ4n) is 1.27. The number of ether oxygens (including phenoxy) is 1. The molecule has 60 valence electrons. The van der Waals surface area contributed by atoms with Crippen LogP contribution in [0.4, 0.5) is 0 Å². The van der Waals surface area contributed by atoms with E-state index in [1.165, 1.54) is 0 Å². The molecule has 3 nitrogen and oxygen atoms in total. The van der Waals surface area contributed by atoms with Gasteiger partial charge in [0.05, 0.1) is 13.2 Å². The van der Waals surface area contributed by atoms with Crippen molar-refractivity contribution in [2.75, 3.05) is 26.4 Å². The van der Waals surface area contributed by atoms with Crippen LogP contribution in [-0.2, 0) is 4.74 Å². The third-order valence-electron chi connectivity index (χ3n) is 1.90. The Labute approximate surface area is 61.4 Å². The number of aliphatic hydroxyl groups excluding tert-OH is 1. The molecule has 1 rings (SSSR count). The van der Waals surface area contributed by atoms with Gasteiger partial charge in [0.2, 0.25) is 0 Å². The summed E-state index contributed by atoms with van der Waals surface area (Å²) in [6.07, 6.45) is 0. The topological polar surface area (TPSA) is 41.5 Å². The largest absolute Gasteiger partial charge is 0.396 e. The molecule has 2 atom stereocenters. The average Bonchev–Trinajstić information content (AvgIpc) is 2.36. The lowest BCUT2D eigenvalue weighted by atomic mass is 10.1. The first-order valence-electron chi connectivity index (χ1n) is 3.80. The minimum Gasteiger partial charge on any atom is -0.396 e. The Bertz CT molecular complexity index is 97.6. The van der Waals surface area contributed by atoms with E-state index in [0.29, 0.717) is 18.6 Å². The Morgan fingerprint density at radius 3 is 3.00 bits per heavy atom. The number of hydrogen-bond donors (Lipinski definition) is 2. The van der Waals surface area contributed by atoms with Crippen LogP contribution >= 0.6 is 0 Å². The molecular formula is C7H15NO2. The molecule has 3 heteroatoms. The van der Waals surface area contributed by atoms with Crippen LogP contribution in [0.5, 0.6) is 0 Å². The molecule has 0 spiro atoms. The molecule has 1 heterocycles. The molecule has 0 aromatic carbocycles. The van der Waals surface area contributed by atoms with Crippen LogP contribution in [-0.4, -0.2) is 37.5 Å². The zero-order chi connectivity index (χ0) is 7.40. The Hall–Kier alpha value is -0.120. The van der Waals surface area contributed by atoms with Gasteiger partial charge in [-0.05, 0) is 6.54 Å². The molecule has 1 fully saturated rings. The molecule has 0 aromatic rings. The summed E-state index contributed by atoms with van der Waals surface area (Å²) in [7, 11) is 0. The van der Waals surface area contributed by atoms with Gasteiger partial charge < -0.3 is 15.2 Å². The lowest BCUT2D eigenvalue weighted by Crippen LogP contribution is -2.36. The second kappa shape index (κ2) is 3.91. The molecule has 10 heavy (non-hydrogen) atoms. The molecule has 1 unspecified atom stereocenters. The lowest BCUT2D eigenvalue weighted by Gasteiger charge is -2.14. The van der Waals surface area contributed by atoms with Gasteiger partial charge in [-0.1, -0.05) is 6.92 Å². The molecule has 0 saturated carbocycles. The van der Waals surface area contributed by atoms with E-state index in [-0.39, 0.29) is 6.61 Å². The first-order valence-corrected chi connectivity index (χ1v) is 3.80. The predicted octanol–water partition coefficient (Wildman–Crippen LogP) is -0.397. The van der Waals surface area contributed by atoms with Crippen molar-refractivity contribution < 1.29 is 9.84 Å². The number of hydrogen-bond acceptors (Lipinski definition) is 3. The molecule has 0 aromatic heterocycles. The van der Waals surface area contributed by atoms with Crippen molar-refractivity contribution in [3.05, 3.63) is 0 Å². The SMILES string of the molecule is CCNC1COC[C@H]1CO. The van der Waals surface area contributed by atoms with Gasteiger partial charge in [-0.25, -0.2) is 0 Å². The van der Waals surface area contributed by atoms with Gasteiger partial charge in [-0.3, -0.25) is 0 Å². The standard InChI is InChI=1S/C7H15NO2/c1-2-8-7-5-10-4-6(7)3-9/h6-9H,2-5H2,1H3/t6-,7?/m1/s1. The summed E-state index contributed by atoms with van der Waals surface area (Å²) in [6, 6.07) is 0.370. The van der Waals surface area contributed by atoms with Crippen LogP contribution in [0.25, 0.3) is 0 Å². The van der Waals surface area contributed by atoms with Crippen molar-refractivity contribution in [1.29, 1.82) is 0 Å². The molecule has 0 amide bonds.